The van der Waals surface area contributed by atoms with Gasteiger partial charge in [0.25, 0.3) is 0 Å². The number of thioether (sulfide) groups is 1. The zero-order chi connectivity index (χ0) is 22.7. The van der Waals surface area contributed by atoms with Crippen molar-refractivity contribution in [3.05, 3.63) is 81.5 Å². The van der Waals surface area contributed by atoms with E-state index in [1.165, 1.54) is 18.0 Å². The molecule has 3 aromatic rings. The summed E-state index contributed by atoms with van der Waals surface area (Å²) < 4.78 is 8.36. The third-order valence-electron chi connectivity index (χ3n) is 6.77. The number of carbonyl (C=O) groups excluding carboxylic acids is 1. The molecule has 3 fully saturated rings. The van der Waals surface area contributed by atoms with Gasteiger partial charge in [-0.15, -0.1) is 11.3 Å². The van der Waals surface area contributed by atoms with E-state index in [1.54, 1.807) is 16.2 Å². The summed E-state index contributed by atoms with van der Waals surface area (Å²) in [5.41, 5.74) is 0.872. The van der Waals surface area contributed by atoms with Crippen molar-refractivity contribution in [2.45, 2.75) is 30.4 Å². The first-order chi connectivity index (χ1) is 16.1. The normalized spacial score (nSPS) is 23.2. The number of benzene rings is 2. The van der Waals surface area contributed by atoms with Gasteiger partial charge in [0.2, 0.25) is 0 Å². The van der Waals surface area contributed by atoms with E-state index in [9.17, 15) is 4.79 Å². The molecule has 2 aromatic carbocycles. The highest BCUT2D eigenvalue weighted by atomic mass is 79.9. The molecule has 3 aliphatic rings. The molecule has 0 spiro atoms. The van der Waals surface area contributed by atoms with E-state index in [1.807, 2.05) is 48.2 Å². The number of para-hydroxylation sites is 1. The second-order valence-electron chi connectivity index (χ2n) is 8.95. The van der Waals surface area contributed by atoms with Crippen molar-refractivity contribution in [1.29, 1.82) is 0 Å². The molecule has 3 aliphatic heterocycles. The maximum atomic E-state index is 13.5. The van der Waals surface area contributed by atoms with Gasteiger partial charge in [0, 0.05) is 34.2 Å². The number of quaternary nitrogens is 1. The summed E-state index contributed by atoms with van der Waals surface area (Å²) in [4.78, 5) is 17.7. The van der Waals surface area contributed by atoms with Gasteiger partial charge in [0.15, 0.2) is 6.10 Å². The van der Waals surface area contributed by atoms with Crippen molar-refractivity contribution < 1.29 is 26.4 Å². The quantitative estimate of drug-likeness (QED) is 0.313. The Balaban J connectivity index is 0.00000274. The van der Waals surface area contributed by atoms with Crippen molar-refractivity contribution in [2.24, 2.45) is 5.92 Å². The molecule has 4 heterocycles. The van der Waals surface area contributed by atoms with Gasteiger partial charge >= 0.3 is 6.09 Å². The summed E-state index contributed by atoms with van der Waals surface area (Å²) in [6.45, 7) is 3.80. The zero-order valence-electron chi connectivity index (χ0n) is 18.8. The highest BCUT2D eigenvalue weighted by Gasteiger charge is 2.48. The minimum atomic E-state index is -0.238. The molecule has 0 aliphatic carbocycles. The molecule has 8 heteroatoms. The van der Waals surface area contributed by atoms with Crippen LogP contribution < -0.4 is 17.3 Å². The minimum absolute atomic E-state index is 0. The van der Waals surface area contributed by atoms with Crippen LogP contribution >= 0.6 is 39.0 Å². The van der Waals surface area contributed by atoms with Crippen LogP contribution in [-0.2, 0) is 11.3 Å². The van der Waals surface area contributed by atoms with Crippen LogP contribution in [0.4, 0.5) is 10.5 Å². The van der Waals surface area contributed by atoms with Crippen molar-refractivity contribution >= 4 is 50.8 Å². The molecule has 2 bridgehead atoms. The van der Waals surface area contributed by atoms with Crippen LogP contribution in [0.25, 0.3) is 0 Å². The van der Waals surface area contributed by atoms with Gasteiger partial charge in [-0.2, -0.15) is 0 Å². The second kappa shape index (κ2) is 11.5. The van der Waals surface area contributed by atoms with E-state index in [0.717, 1.165) is 44.1 Å². The summed E-state index contributed by atoms with van der Waals surface area (Å²) in [7, 11) is 0. The number of amides is 1. The topological polar surface area (TPSA) is 29.5 Å². The predicted octanol–water partition coefficient (Wildman–Crippen LogP) is 4.02. The monoisotopic (exact) mass is 578 g/mol. The Morgan fingerprint density at radius 1 is 1.03 bits per heavy atom. The Bertz CT molecular complexity index is 1070. The molecule has 1 atom stereocenters. The second-order valence-corrected chi connectivity index (χ2v) is 12.5. The van der Waals surface area contributed by atoms with Crippen LogP contribution in [-0.4, -0.2) is 42.2 Å². The van der Waals surface area contributed by atoms with Gasteiger partial charge in [-0.1, -0.05) is 48.2 Å². The zero-order valence-corrected chi connectivity index (χ0v) is 22.8. The van der Waals surface area contributed by atoms with Crippen LogP contribution in [0.5, 0.6) is 0 Å². The van der Waals surface area contributed by atoms with Gasteiger partial charge < -0.3 is 21.6 Å². The van der Waals surface area contributed by atoms with Crippen molar-refractivity contribution in [2.75, 3.05) is 30.4 Å². The lowest BCUT2D eigenvalue weighted by Gasteiger charge is -2.51. The molecule has 0 radical (unpaired) electrons. The van der Waals surface area contributed by atoms with Crippen LogP contribution in [0.15, 0.2) is 81.5 Å². The first-order valence-electron chi connectivity index (χ1n) is 11.4. The van der Waals surface area contributed by atoms with Crippen LogP contribution in [0, 0.1) is 5.92 Å². The number of hydrogen-bond acceptors (Lipinski definition) is 4. The smallest absolute Gasteiger partial charge is 0.415 e. The van der Waals surface area contributed by atoms with Gasteiger partial charge in [-0.05, 0) is 52.3 Å². The van der Waals surface area contributed by atoms with E-state index in [-0.39, 0.29) is 24.6 Å². The lowest BCUT2D eigenvalue weighted by atomic mass is 9.84. The van der Waals surface area contributed by atoms with Gasteiger partial charge in [0.1, 0.15) is 12.4 Å². The van der Waals surface area contributed by atoms with E-state index in [0.29, 0.717) is 12.5 Å². The summed E-state index contributed by atoms with van der Waals surface area (Å²) in [6, 6.07) is 24.6. The number of carbonyl (C=O) groups is 1. The fourth-order valence-corrected chi connectivity index (χ4v) is 7.53. The summed E-state index contributed by atoms with van der Waals surface area (Å²) in [5.74, 6) is 1.51. The summed E-state index contributed by atoms with van der Waals surface area (Å²) >= 11 is 7.11. The molecule has 34 heavy (non-hydrogen) atoms. The Hall–Kier alpha value is -1.51. The first-order valence-corrected chi connectivity index (χ1v) is 14.0. The number of rotatable bonds is 7. The molecule has 0 unspecified atom stereocenters. The third-order valence-corrected chi connectivity index (χ3v) is 9.66. The SMILES string of the molecule is O=C(O[C@H]1C[N+]2(CSc3ccccc3)CCC1CC2)N(Cc1ccc(Br)s1)c1ccccc1.[Cl-]. The largest absolute Gasteiger partial charge is 1.00 e. The Kier molecular flexibility index (Phi) is 8.64. The Labute approximate surface area is 224 Å². The minimum Gasteiger partial charge on any atom is -1.00 e. The fraction of sp³-hybridized carbons (Fsp3) is 0.346. The van der Waals surface area contributed by atoms with Gasteiger partial charge in [-0.25, -0.2) is 4.79 Å². The number of thiophene rings is 1. The van der Waals surface area contributed by atoms with Crippen molar-refractivity contribution in [3.8, 4) is 0 Å². The number of hydrogen-bond donors (Lipinski definition) is 0. The maximum absolute atomic E-state index is 13.5. The number of fused-ring (bicyclic) bond motifs is 3. The third kappa shape index (κ3) is 6.00. The van der Waals surface area contributed by atoms with Gasteiger partial charge in [0.05, 0.1) is 23.4 Å². The highest BCUT2D eigenvalue weighted by molar-refractivity contribution is 9.11. The van der Waals surface area contributed by atoms with E-state index in [2.05, 4.69) is 52.3 Å². The molecule has 4 nitrogen and oxygen atoms in total. The predicted molar refractivity (Wildman–Crippen MR) is 140 cm³/mol. The molecule has 1 amide bonds. The number of piperidine rings is 3. The average molecular weight is 580 g/mol. The standard InChI is InChI=1S/C26H28BrN2O2S2.ClH/c27-25-12-11-23(33-25)17-28(21-7-3-1-4-8-21)26(30)31-24-18-29(15-13-20(24)14-16-29)19-32-22-9-5-2-6-10-22;/h1-12,20,24H,13-19H2;1H/q+1;/p-1/t20?,24-,29?;/m0./s1. The number of anilines is 1. The summed E-state index contributed by atoms with van der Waals surface area (Å²) in [5, 5.41) is 0. The van der Waals surface area contributed by atoms with E-state index in [4.69, 9.17) is 4.74 Å². The fourth-order valence-electron chi connectivity index (χ4n) is 4.92. The lowest BCUT2D eigenvalue weighted by molar-refractivity contribution is -0.934. The molecule has 180 valence electrons. The molecular weight excluding hydrogens is 552 g/mol. The van der Waals surface area contributed by atoms with Crippen LogP contribution in [0.3, 0.4) is 0 Å². The van der Waals surface area contributed by atoms with Crippen molar-refractivity contribution in [3.63, 3.8) is 0 Å². The molecule has 1 aromatic heterocycles. The number of nitrogens with zero attached hydrogens (tertiary/aromatic N) is 2. The van der Waals surface area contributed by atoms with Crippen molar-refractivity contribution in [1.82, 2.24) is 0 Å². The van der Waals surface area contributed by atoms with E-state index >= 15 is 0 Å². The average Bonchev–Trinajstić information content (AvgIpc) is 3.28. The Morgan fingerprint density at radius 2 is 1.71 bits per heavy atom. The van der Waals surface area contributed by atoms with Crippen LogP contribution in [0.1, 0.15) is 17.7 Å². The molecular formula is C26H28BrClN2O2S2. The molecule has 0 N–H and O–H groups in total. The number of halogens is 2. The lowest BCUT2D eigenvalue weighted by Crippen LogP contribution is -3.00. The Morgan fingerprint density at radius 3 is 2.35 bits per heavy atom. The maximum Gasteiger partial charge on any atom is 0.415 e. The first kappa shape index (κ1) is 25.6. The summed E-state index contributed by atoms with van der Waals surface area (Å²) in [6.07, 6.45) is 2.02. The van der Waals surface area contributed by atoms with E-state index < -0.39 is 0 Å². The van der Waals surface area contributed by atoms with Crippen LogP contribution in [0.2, 0.25) is 0 Å². The molecule has 6 rings (SSSR count). The molecule has 0 saturated carbocycles. The number of ether oxygens (including phenoxy) is 1. The highest BCUT2D eigenvalue weighted by Crippen LogP contribution is 2.38. The molecule has 3 saturated heterocycles. The van der Waals surface area contributed by atoms with Gasteiger partial charge in [-0.3, -0.25) is 4.90 Å².